The first-order valence-electron chi connectivity index (χ1n) is 16.5. The predicted molar refractivity (Wildman–Crippen MR) is 207 cm³/mol. The summed E-state index contributed by atoms with van der Waals surface area (Å²) in [7, 11) is 0. The van der Waals surface area contributed by atoms with Gasteiger partial charge in [-0.1, -0.05) is 103 Å². The topological polar surface area (TPSA) is 29.3 Å². The number of hydrogen-bond acceptors (Lipinski definition) is 4. The number of thiophene rings is 1. The number of anilines is 3. The molecule has 0 bridgehead atoms. The average molecular weight is 645 g/mol. The molecule has 2 heterocycles. The van der Waals surface area contributed by atoms with E-state index < -0.39 is 0 Å². The molecular weight excluding hydrogens is 617 g/mol. The van der Waals surface area contributed by atoms with Crippen molar-refractivity contribution >= 4 is 81.2 Å². The molecule has 10 rings (SSSR count). The van der Waals surface area contributed by atoms with Gasteiger partial charge in [-0.15, -0.1) is 11.3 Å². The van der Waals surface area contributed by atoms with E-state index in [1.54, 1.807) is 0 Å². The van der Waals surface area contributed by atoms with Crippen LogP contribution in [0.15, 0.2) is 174 Å². The number of rotatable bonds is 5. The van der Waals surface area contributed by atoms with Crippen LogP contribution in [0.2, 0.25) is 0 Å². The standard InChI is InChI=1S/C45H28N2OS/c1-3-11-31(12-4-1)45-46-39-26-24-30-22-21-29-23-25-35(28-38(29)42(30)44(39)48-45)47(33-14-5-2-6-15-33)34-16-9-13-32(27-34)36-18-10-20-41-43(36)37-17-7-8-19-40(37)49-41/h1-28H. The molecule has 0 aliphatic carbocycles. The highest BCUT2D eigenvalue weighted by Gasteiger charge is 2.18. The molecule has 0 radical (unpaired) electrons. The molecule has 49 heavy (non-hydrogen) atoms. The van der Waals surface area contributed by atoms with Gasteiger partial charge < -0.3 is 9.32 Å². The van der Waals surface area contributed by atoms with E-state index in [9.17, 15) is 0 Å². The Hall–Kier alpha value is -6.23. The summed E-state index contributed by atoms with van der Waals surface area (Å²) in [5.74, 6) is 0.632. The third-order valence-corrected chi connectivity index (χ3v) is 10.6. The second-order valence-corrected chi connectivity index (χ2v) is 13.4. The van der Waals surface area contributed by atoms with Gasteiger partial charge in [0, 0.05) is 48.2 Å². The number of fused-ring (bicyclic) bond motifs is 8. The molecular formula is C45H28N2OS. The highest BCUT2D eigenvalue weighted by molar-refractivity contribution is 7.25. The van der Waals surface area contributed by atoms with Crippen molar-refractivity contribution in [3.63, 3.8) is 0 Å². The van der Waals surface area contributed by atoms with Crippen molar-refractivity contribution in [3.05, 3.63) is 170 Å². The molecule has 3 nitrogen and oxygen atoms in total. The first kappa shape index (κ1) is 27.8. The summed E-state index contributed by atoms with van der Waals surface area (Å²) in [6.07, 6.45) is 0. The van der Waals surface area contributed by atoms with E-state index in [2.05, 4.69) is 144 Å². The lowest BCUT2D eigenvalue weighted by atomic mass is 9.98. The van der Waals surface area contributed by atoms with Gasteiger partial charge in [-0.25, -0.2) is 4.98 Å². The minimum Gasteiger partial charge on any atom is -0.435 e. The number of aromatic nitrogens is 1. The molecule has 0 aliphatic heterocycles. The quantitative estimate of drug-likeness (QED) is 0.175. The Morgan fingerprint density at radius 2 is 1.14 bits per heavy atom. The zero-order chi connectivity index (χ0) is 32.3. The third-order valence-electron chi connectivity index (χ3n) is 9.45. The number of nitrogens with zero attached hydrogens (tertiary/aromatic N) is 2. The van der Waals surface area contributed by atoms with Gasteiger partial charge in [0.2, 0.25) is 5.89 Å². The Bertz CT molecular complexity index is 2840. The van der Waals surface area contributed by atoms with Crippen molar-refractivity contribution in [3.8, 4) is 22.6 Å². The van der Waals surface area contributed by atoms with Crippen molar-refractivity contribution in [1.29, 1.82) is 0 Å². The van der Waals surface area contributed by atoms with Gasteiger partial charge in [0.25, 0.3) is 0 Å². The zero-order valence-corrected chi connectivity index (χ0v) is 27.2. The minimum atomic E-state index is 0.632. The monoisotopic (exact) mass is 644 g/mol. The fourth-order valence-corrected chi connectivity index (χ4v) is 8.34. The number of benzene rings is 8. The summed E-state index contributed by atoms with van der Waals surface area (Å²) in [5, 5.41) is 7.09. The summed E-state index contributed by atoms with van der Waals surface area (Å²) in [5.41, 5.74) is 8.32. The first-order chi connectivity index (χ1) is 24.3. The van der Waals surface area contributed by atoms with Gasteiger partial charge in [-0.3, -0.25) is 0 Å². The largest absolute Gasteiger partial charge is 0.435 e. The lowest BCUT2D eigenvalue weighted by molar-refractivity contribution is 0.623. The van der Waals surface area contributed by atoms with Gasteiger partial charge >= 0.3 is 0 Å². The Labute approximate surface area is 286 Å². The molecule has 0 unspecified atom stereocenters. The Balaban J connectivity index is 1.18. The fraction of sp³-hybridized carbons (Fsp3) is 0. The maximum atomic E-state index is 6.54. The van der Waals surface area contributed by atoms with E-state index in [0.29, 0.717) is 5.89 Å². The first-order valence-corrected chi connectivity index (χ1v) is 17.3. The number of para-hydroxylation sites is 1. The van der Waals surface area contributed by atoms with E-state index >= 15 is 0 Å². The number of oxazole rings is 1. The molecule has 0 saturated carbocycles. The lowest BCUT2D eigenvalue weighted by Gasteiger charge is -2.26. The zero-order valence-electron chi connectivity index (χ0n) is 26.4. The van der Waals surface area contributed by atoms with Crippen LogP contribution in [0.1, 0.15) is 0 Å². The van der Waals surface area contributed by atoms with Gasteiger partial charge in [-0.2, -0.15) is 0 Å². The lowest BCUT2D eigenvalue weighted by Crippen LogP contribution is -2.09. The third kappa shape index (κ3) is 4.61. The van der Waals surface area contributed by atoms with Crippen molar-refractivity contribution < 1.29 is 4.42 Å². The van der Waals surface area contributed by atoms with Gasteiger partial charge in [0.05, 0.1) is 0 Å². The van der Waals surface area contributed by atoms with Crippen LogP contribution in [0, 0.1) is 0 Å². The molecule has 0 spiro atoms. The molecule has 0 N–H and O–H groups in total. The second kappa shape index (κ2) is 11.2. The second-order valence-electron chi connectivity index (χ2n) is 12.4. The van der Waals surface area contributed by atoms with Crippen LogP contribution in [0.3, 0.4) is 0 Å². The molecule has 0 fully saturated rings. The van der Waals surface area contributed by atoms with Crippen molar-refractivity contribution in [1.82, 2.24) is 4.98 Å². The highest BCUT2D eigenvalue weighted by Crippen LogP contribution is 2.43. The molecule has 0 atom stereocenters. The molecule has 0 aliphatic rings. The molecule has 2 aromatic heterocycles. The van der Waals surface area contributed by atoms with Crippen LogP contribution >= 0.6 is 11.3 Å². The predicted octanol–water partition coefficient (Wildman–Crippen LogP) is 13.3. The van der Waals surface area contributed by atoms with Crippen molar-refractivity contribution in [2.45, 2.75) is 0 Å². The Kier molecular flexibility index (Phi) is 6.36. The van der Waals surface area contributed by atoms with E-state index in [1.165, 1.54) is 31.3 Å². The maximum Gasteiger partial charge on any atom is 0.227 e. The van der Waals surface area contributed by atoms with Gasteiger partial charge in [0.15, 0.2) is 5.58 Å². The van der Waals surface area contributed by atoms with Crippen LogP contribution < -0.4 is 4.90 Å². The van der Waals surface area contributed by atoms with Crippen LogP contribution in [0.5, 0.6) is 0 Å². The fourth-order valence-electron chi connectivity index (χ4n) is 7.20. The molecule has 8 aromatic carbocycles. The molecule has 0 amide bonds. The van der Waals surface area contributed by atoms with E-state index in [-0.39, 0.29) is 0 Å². The SMILES string of the molecule is c1ccc(-c2nc3ccc4ccc5ccc(N(c6ccccc6)c6cccc(-c7cccc8sc9ccccc9c78)c6)cc5c4c3o2)cc1. The smallest absolute Gasteiger partial charge is 0.227 e. The summed E-state index contributed by atoms with van der Waals surface area (Å²) in [4.78, 5) is 7.24. The van der Waals surface area contributed by atoms with Crippen LogP contribution in [-0.4, -0.2) is 4.98 Å². The molecule has 4 heteroatoms. The van der Waals surface area contributed by atoms with E-state index in [4.69, 9.17) is 9.40 Å². The van der Waals surface area contributed by atoms with Crippen LogP contribution in [0.4, 0.5) is 17.1 Å². The maximum absolute atomic E-state index is 6.54. The summed E-state index contributed by atoms with van der Waals surface area (Å²) in [6.45, 7) is 0. The Morgan fingerprint density at radius 3 is 2.04 bits per heavy atom. The van der Waals surface area contributed by atoms with Gasteiger partial charge in [-0.05, 0) is 94.0 Å². The number of hydrogen-bond donors (Lipinski definition) is 0. The Morgan fingerprint density at radius 1 is 0.469 bits per heavy atom. The average Bonchev–Trinajstić information content (AvgIpc) is 3.78. The van der Waals surface area contributed by atoms with Crippen LogP contribution in [0.25, 0.3) is 75.4 Å². The van der Waals surface area contributed by atoms with Crippen molar-refractivity contribution in [2.24, 2.45) is 0 Å². The summed E-state index contributed by atoms with van der Waals surface area (Å²) < 4.78 is 9.16. The van der Waals surface area contributed by atoms with Gasteiger partial charge in [0.1, 0.15) is 5.52 Å². The highest BCUT2D eigenvalue weighted by atomic mass is 32.1. The van der Waals surface area contributed by atoms with Crippen LogP contribution in [-0.2, 0) is 0 Å². The van der Waals surface area contributed by atoms with E-state index in [1.807, 2.05) is 41.7 Å². The molecule has 10 aromatic rings. The van der Waals surface area contributed by atoms with Crippen molar-refractivity contribution in [2.75, 3.05) is 4.90 Å². The minimum absolute atomic E-state index is 0.632. The summed E-state index contributed by atoms with van der Waals surface area (Å²) >= 11 is 1.86. The normalized spacial score (nSPS) is 11.7. The molecule has 0 saturated heterocycles. The molecule has 230 valence electrons. The summed E-state index contributed by atoms with van der Waals surface area (Å²) in [6, 6.07) is 60.4. The van der Waals surface area contributed by atoms with E-state index in [0.717, 1.165) is 55.3 Å².